The van der Waals surface area contributed by atoms with Gasteiger partial charge in [-0.3, -0.25) is 0 Å². The second kappa shape index (κ2) is 9.14. The summed E-state index contributed by atoms with van der Waals surface area (Å²) in [5, 5.41) is 20.4. The van der Waals surface area contributed by atoms with E-state index in [4.69, 9.17) is 0 Å². The Labute approximate surface area is 186 Å². The van der Waals surface area contributed by atoms with Crippen molar-refractivity contribution in [3.63, 3.8) is 0 Å². The molecule has 0 amide bonds. The lowest BCUT2D eigenvalue weighted by molar-refractivity contribution is 1.21. The first kappa shape index (κ1) is 19.5. The predicted molar refractivity (Wildman–Crippen MR) is 131 cm³/mol. The van der Waals surface area contributed by atoms with Crippen molar-refractivity contribution in [2.24, 2.45) is 20.5 Å². The van der Waals surface area contributed by atoms with Gasteiger partial charge in [-0.1, -0.05) is 84.9 Å². The fourth-order valence-electron chi connectivity index (χ4n) is 3.63. The van der Waals surface area contributed by atoms with Crippen LogP contribution in [0.3, 0.4) is 0 Å². The van der Waals surface area contributed by atoms with Crippen molar-refractivity contribution in [3.8, 4) is 11.1 Å². The summed E-state index contributed by atoms with van der Waals surface area (Å²) >= 11 is 0. The maximum absolute atomic E-state index is 4.60. The number of nitrogens with zero attached hydrogens (tertiary/aromatic N) is 4. The van der Waals surface area contributed by atoms with Crippen LogP contribution >= 0.6 is 0 Å². The predicted octanol–water partition coefficient (Wildman–Crippen LogP) is 9.34. The Balaban J connectivity index is 1.69. The minimum Gasteiger partial charge on any atom is -0.151 e. The van der Waals surface area contributed by atoms with Crippen LogP contribution in [0.15, 0.2) is 142 Å². The third kappa shape index (κ3) is 4.20. The van der Waals surface area contributed by atoms with Crippen LogP contribution in [0, 0.1) is 0 Å². The lowest BCUT2D eigenvalue weighted by Gasteiger charge is -2.11. The Bertz CT molecular complexity index is 1330. The van der Waals surface area contributed by atoms with Crippen molar-refractivity contribution < 1.29 is 0 Å². The molecule has 0 aliphatic carbocycles. The van der Waals surface area contributed by atoms with Gasteiger partial charge in [-0.25, -0.2) is 0 Å². The van der Waals surface area contributed by atoms with Crippen molar-refractivity contribution >= 4 is 33.5 Å². The van der Waals surface area contributed by atoms with Crippen LogP contribution in [0.25, 0.3) is 21.9 Å². The van der Waals surface area contributed by atoms with E-state index in [1.807, 2.05) is 91.0 Å². The lowest BCUT2D eigenvalue weighted by atomic mass is 9.96. The van der Waals surface area contributed by atoms with E-state index >= 15 is 0 Å². The second-order valence-corrected chi connectivity index (χ2v) is 7.27. The highest BCUT2D eigenvalue weighted by Crippen LogP contribution is 2.42. The Morgan fingerprint density at radius 3 is 1.50 bits per heavy atom. The van der Waals surface area contributed by atoms with Crippen LogP contribution in [0.2, 0.25) is 0 Å². The van der Waals surface area contributed by atoms with Crippen LogP contribution in [-0.4, -0.2) is 0 Å². The molecule has 0 aliphatic rings. The van der Waals surface area contributed by atoms with Gasteiger partial charge < -0.3 is 0 Å². The smallest absolute Gasteiger partial charge is 0.0958 e. The molecule has 4 nitrogen and oxygen atoms in total. The molecule has 0 aromatic heterocycles. The van der Waals surface area contributed by atoms with E-state index in [9.17, 15) is 0 Å². The highest BCUT2D eigenvalue weighted by atomic mass is 15.1. The minimum atomic E-state index is 0.745. The first-order chi connectivity index (χ1) is 15.9. The van der Waals surface area contributed by atoms with Crippen LogP contribution in [0.5, 0.6) is 0 Å². The van der Waals surface area contributed by atoms with E-state index in [0.717, 1.165) is 44.6 Å². The van der Waals surface area contributed by atoms with Gasteiger partial charge >= 0.3 is 0 Å². The van der Waals surface area contributed by atoms with Crippen molar-refractivity contribution in [2.75, 3.05) is 0 Å². The summed E-state index contributed by atoms with van der Waals surface area (Å²) < 4.78 is 0. The summed E-state index contributed by atoms with van der Waals surface area (Å²) in [4.78, 5) is 0. The van der Waals surface area contributed by atoms with Gasteiger partial charge in [0.05, 0.1) is 22.7 Å². The van der Waals surface area contributed by atoms with Gasteiger partial charge in [-0.15, -0.1) is 10.2 Å². The molecule has 0 saturated heterocycles. The number of hydrogen-bond donors (Lipinski definition) is 0. The molecule has 0 radical (unpaired) electrons. The molecule has 4 heteroatoms. The SMILES string of the molecule is c1ccc(N=Nc2cccc(N=Nc3ccccc3)c2-c2cccc3ccccc23)cc1. The quantitative estimate of drug-likeness (QED) is 0.258. The van der Waals surface area contributed by atoms with E-state index in [-0.39, 0.29) is 0 Å². The van der Waals surface area contributed by atoms with Crippen molar-refractivity contribution in [2.45, 2.75) is 0 Å². The molecule has 152 valence electrons. The lowest BCUT2D eigenvalue weighted by Crippen LogP contribution is -1.84. The van der Waals surface area contributed by atoms with Gasteiger partial charge in [0.1, 0.15) is 0 Å². The molecule has 0 spiro atoms. The average molecular weight is 412 g/mol. The van der Waals surface area contributed by atoms with E-state index in [0.29, 0.717) is 0 Å². The molecule has 0 aliphatic heterocycles. The summed E-state index contributed by atoms with van der Waals surface area (Å²) in [6, 6.07) is 39.9. The van der Waals surface area contributed by atoms with E-state index < -0.39 is 0 Å². The molecule has 0 N–H and O–H groups in total. The van der Waals surface area contributed by atoms with Gasteiger partial charge in [0.2, 0.25) is 0 Å². The molecule has 0 atom stereocenters. The van der Waals surface area contributed by atoms with Gasteiger partial charge in [0.25, 0.3) is 0 Å². The van der Waals surface area contributed by atoms with E-state index in [1.165, 1.54) is 0 Å². The zero-order valence-corrected chi connectivity index (χ0v) is 17.3. The number of azo groups is 2. The molecule has 5 aromatic carbocycles. The zero-order chi connectivity index (χ0) is 21.6. The molecule has 0 heterocycles. The zero-order valence-electron chi connectivity index (χ0n) is 17.3. The first-order valence-corrected chi connectivity index (χ1v) is 10.4. The summed E-state index contributed by atoms with van der Waals surface area (Å²) in [7, 11) is 0. The molecule has 0 bridgehead atoms. The van der Waals surface area contributed by atoms with Crippen LogP contribution in [0.4, 0.5) is 22.7 Å². The van der Waals surface area contributed by atoms with Gasteiger partial charge in [0.15, 0.2) is 0 Å². The number of rotatable bonds is 5. The second-order valence-electron chi connectivity index (χ2n) is 7.27. The molecule has 5 aromatic rings. The topological polar surface area (TPSA) is 49.4 Å². The van der Waals surface area contributed by atoms with Gasteiger partial charge in [-0.05, 0) is 52.7 Å². The fraction of sp³-hybridized carbons (Fsp3) is 0. The minimum absolute atomic E-state index is 0.745. The monoisotopic (exact) mass is 412 g/mol. The third-order valence-corrected chi connectivity index (χ3v) is 5.14. The molecule has 0 saturated carbocycles. The largest absolute Gasteiger partial charge is 0.151 e. The molecular weight excluding hydrogens is 392 g/mol. The van der Waals surface area contributed by atoms with Crippen molar-refractivity contribution in [1.29, 1.82) is 0 Å². The molecule has 0 fully saturated rings. The van der Waals surface area contributed by atoms with Crippen LogP contribution in [0.1, 0.15) is 0 Å². The highest BCUT2D eigenvalue weighted by Gasteiger charge is 2.14. The van der Waals surface area contributed by atoms with E-state index in [2.05, 4.69) is 50.8 Å². The van der Waals surface area contributed by atoms with Crippen LogP contribution < -0.4 is 0 Å². The average Bonchev–Trinajstić information content (AvgIpc) is 2.87. The molecule has 32 heavy (non-hydrogen) atoms. The van der Waals surface area contributed by atoms with Crippen molar-refractivity contribution in [1.82, 2.24) is 0 Å². The summed E-state index contributed by atoms with van der Waals surface area (Å²) in [6.45, 7) is 0. The van der Waals surface area contributed by atoms with E-state index in [1.54, 1.807) is 0 Å². The Morgan fingerprint density at radius 2 is 0.875 bits per heavy atom. The third-order valence-electron chi connectivity index (χ3n) is 5.14. The first-order valence-electron chi connectivity index (χ1n) is 10.4. The summed E-state index contributed by atoms with van der Waals surface area (Å²) in [5.74, 6) is 0. The maximum Gasteiger partial charge on any atom is 0.0958 e. The number of fused-ring (bicyclic) bond motifs is 1. The summed E-state index contributed by atoms with van der Waals surface area (Å²) in [6.07, 6.45) is 0. The molecule has 0 unspecified atom stereocenters. The van der Waals surface area contributed by atoms with Crippen LogP contribution in [-0.2, 0) is 0 Å². The number of benzene rings is 5. The maximum atomic E-state index is 4.60. The summed E-state index contributed by atoms with van der Waals surface area (Å²) in [5.41, 5.74) is 5.04. The molecule has 5 rings (SSSR count). The fourth-order valence-corrected chi connectivity index (χ4v) is 3.63. The van der Waals surface area contributed by atoms with Gasteiger partial charge in [0, 0.05) is 5.56 Å². The Kier molecular flexibility index (Phi) is 5.58. The Morgan fingerprint density at radius 1 is 0.375 bits per heavy atom. The standard InChI is InChI=1S/C28H20N4/c1-3-13-22(14-4-1)29-31-26-19-10-20-27(32-30-23-15-5-2-6-16-23)28(26)25-18-9-12-21-11-7-8-17-24(21)25/h1-20H. The molecular formula is C28H20N4. The Hall–Kier alpha value is -4.44. The highest BCUT2D eigenvalue weighted by molar-refractivity contribution is 6.02. The van der Waals surface area contributed by atoms with Crippen molar-refractivity contribution in [3.05, 3.63) is 121 Å². The normalized spacial score (nSPS) is 11.5. The van der Waals surface area contributed by atoms with Gasteiger partial charge in [-0.2, -0.15) is 10.2 Å². The number of hydrogen-bond acceptors (Lipinski definition) is 4.